The highest BCUT2D eigenvalue weighted by molar-refractivity contribution is 6.06. The molecule has 1 atom stereocenters. The molecule has 9 heteroatoms. The number of methoxy groups -OCH3 is 2. The Morgan fingerprint density at radius 2 is 1.73 bits per heavy atom. The van der Waals surface area contributed by atoms with E-state index in [0.717, 1.165) is 16.9 Å². The van der Waals surface area contributed by atoms with Crippen molar-refractivity contribution in [3.63, 3.8) is 0 Å². The smallest absolute Gasteiger partial charge is 0.255 e. The van der Waals surface area contributed by atoms with Crippen LogP contribution in [0, 0.1) is 0 Å². The molecule has 0 unspecified atom stereocenters. The summed E-state index contributed by atoms with van der Waals surface area (Å²) in [6.07, 6.45) is 1.47. The Morgan fingerprint density at radius 3 is 2.54 bits per heavy atom. The minimum atomic E-state index is -0.516. The molecule has 0 fully saturated rings. The molecule has 2 heterocycles. The number of rotatable bonds is 8. The fraction of sp³-hybridized carbons (Fsp3) is 0.156. The van der Waals surface area contributed by atoms with Gasteiger partial charge in [-0.1, -0.05) is 54.6 Å². The van der Waals surface area contributed by atoms with Gasteiger partial charge < -0.3 is 24.8 Å². The van der Waals surface area contributed by atoms with E-state index < -0.39 is 6.04 Å². The first-order chi connectivity index (χ1) is 20.1. The normalized spacial score (nSPS) is 14.3. The van der Waals surface area contributed by atoms with Crippen LogP contribution in [-0.2, 0) is 11.4 Å². The Morgan fingerprint density at radius 1 is 0.951 bits per heavy atom. The van der Waals surface area contributed by atoms with Crippen LogP contribution in [-0.4, -0.2) is 34.9 Å². The maximum absolute atomic E-state index is 13.8. The topological polar surface area (TPSA) is 99.5 Å². The number of benzene rings is 4. The summed E-state index contributed by atoms with van der Waals surface area (Å²) in [7, 11) is 3.13. The van der Waals surface area contributed by atoms with Gasteiger partial charge in [-0.2, -0.15) is 10.1 Å². The monoisotopic (exact) mass is 547 g/mol. The molecule has 0 radical (unpaired) electrons. The Balaban J connectivity index is 1.27. The highest BCUT2D eigenvalue weighted by Gasteiger charge is 2.33. The molecule has 0 saturated heterocycles. The summed E-state index contributed by atoms with van der Waals surface area (Å²) in [5, 5.41) is 13.0. The molecular weight excluding hydrogens is 518 g/mol. The minimum Gasteiger partial charge on any atom is -0.497 e. The van der Waals surface area contributed by atoms with Crippen molar-refractivity contribution in [3.05, 3.63) is 114 Å². The number of allylic oxidation sites excluding steroid dienone is 1. The second-order valence-electron chi connectivity index (χ2n) is 9.61. The van der Waals surface area contributed by atoms with E-state index in [1.54, 1.807) is 37.1 Å². The zero-order chi connectivity index (χ0) is 28.3. The first-order valence-corrected chi connectivity index (χ1v) is 13.2. The fourth-order valence-corrected chi connectivity index (χ4v) is 5.12. The van der Waals surface area contributed by atoms with Gasteiger partial charge in [0.15, 0.2) is 0 Å². The molecule has 0 aliphatic carbocycles. The lowest BCUT2D eigenvalue weighted by Gasteiger charge is -2.29. The number of aromatic nitrogens is 3. The first-order valence-electron chi connectivity index (χ1n) is 13.2. The van der Waals surface area contributed by atoms with Gasteiger partial charge in [-0.15, -0.1) is 0 Å². The van der Waals surface area contributed by atoms with E-state index >= 15 is 0 Å². The number of carbonyl (C=O) groups is 1. The standard InChI is InChI=1S/C32H29N5O4/c1-20-29(31(38)36-27-17-25(39-2)15-16-28(27)40-3)30(37-32(35-20)33-19-34-37)22-11-13-24(14-12-22)41-18-23-9-6-8-21-7-4-5-10-26(21)23/h4-17,19,30H,18H2,1-3H3,(H,36,38)(H,33,34,35)/t30-/m0/s1. The molecule has 4 aromatic carbocycles. The third-order valence-corrected chi connectivity index (χ3v) is 7.16. The highest BCUT2D eigenvalue weighted by atomic mass is 16.5. The van der Waals surface area contributed by atoms with Crippen molar-refractivity contribution in [1.82, 2.24) is 14.8 Å². The van der Waals surface area contributed by atoms with Gasteiger partial charge in [0, 0.05) is 11.8 Å². The van der Waals surface area contributed by atoms with E-state index in [1.165, 1.54) is 17.1 Å². The number of hydrogen-bond acceptors (Lipinski definition) is 7. The molecule has 2 N–H and O–H groups in total. The lowest BCUT2D eigenvalue weighted by molar-refractivity contribution is -0.113. The quantitative estimate of drug-likeness (QED) is 0.247. The van der Waals surface area contributed by atoms with Gasteiger partial charge in [-0.05, 0) is 53.1 Å². The number of amides is 1. The molecule has 0 spiro atoms. The number of nitrogens with one attached hydrogen (secondary N) is 2. The maximum atomic E-state index is 13.8. The molecule has 1 aliphatic rings. The number of ether oxygens (including phenoxy) is 3. The van der Waals surface area contributed by atoms with Crippen molar-refractivity contribution >= 4 is 28.3 Å². The number of anilines is 2. The molecule has 41 heavy (non-hydrogen) atoms. The van der Waals surface area contributed by atoms with Crippen LogP contribution < -0.4 is 24.8 Å². The summed E-state index contributed by atoms with van der Waals surface area (Å²) in [6.45, 7) is 2.29. The number of fused-ring (bicyclic) bond motifs is 2. The molecule has 0 saturated carbocycles. The van der Waals surface area contributed by atoms with E-state index in [4.69, 9.17) is 14.2 Å². The zero-order valence-electron chi connectivity index (χ0n) is 22.9. The summed E-state index contributed by atoms with van der Waals surface area (Å²) in [5.41, 5.74) is 3.64. The van der Waals surface area contributed by atoms with E-state index in [9.17, 15) is 4.79 Å². The van der Waals surface area contributed by atoms with Gasteiger partial charge >= 0.3 is 0 Å². The van der Waals surface area contributed by atoms with Crippen molar-refractivity contribution in [1.29, 1.82) is 0 Å². The third kappa shape index (κ3) is 5.05. The lowest BCUT2D eigenvalue weighted by atomic mass is 9.95. The summed E-state index contributed by atoms with van der Waals surface area (Å²) in [4.78, 5) is 18.1. The van der Waals surface area contributed by atoms with Gasteiger partial charge in [-0.25, -0.2) is 4.68 Å². The first kappa shape index (κ1) is 25.9. The van der Waals surface area contributed by atoms with E-state index in [0.29, 0.717) is 41.0 Å². The summed E-state index contributed by atoms with van der Waals surface area (Å²) < 4.78 is 18.7. The van der Waals surface area contributed by atoms with Crippen LogP contribution in [0.3, 0.4) is 0 Å². The summed E-state index contributed by atoms with van der Waals surface area (Å²) >= 11 is 0. The van der Waals surface area contributed by atoms with Crippen LogP contribution in [0.25, 0.3) is 10.8 Å². The van der Waals surface area contributed by atoms with Crippen molar-refractivity contribution in [2.75, 3.05) is 24.9 Å². The number of nitrogens with zero attached hydrogens (tertiary/aromatic N) is 3. The van der Waals surface area contributed by atoms with Crippen molar-refractivity contribution in [2.45, 2.75) is 19.6 Å². The summed E-state index contributed by atoms with van der Waals surface area (Å²) in [6, 6.07) is 26.9. The minimum absolute atomic E-state index is 0.302. The average molecular weight is 548 g/mol. The molecule has 9 nitrogen and oxygen atoms in total. The zero-order valence-corrected chi connectivity index (χ0v) is 22.9. The van der Waals surface area contributed by atoms with Gasteiger partial charge in [-0.3, -0.25) is 4.79 Å². The molecule has 206 valence electrons. The highest BCUT2D eigenvalue weighted by Crippen LogP contribution is 2.37. The Labute approximate surface area is 237 Å². The molecule has 5 aromatic rings. The van der Waals surface area contributed by atoms with Gasteiger partial charge in [0.05, 0.1) is 25.5 Å². The predicted molar refractivity (Wildman–Crippen MR) is 157 cm³/mol. The molecule has 1 aromatic heterocycles. The van der Waals surface area contributed by atoms with Crippen LogP contribution in [0.15, 0.2) is 103 Å². The SMILES string of the molecule is COc1ccc(OC)c(NC(=O)C2=C(C)Nc3ncnn3[C@H]2c2ccc(OCc3cccc4ccccc34)cc2)c1. The third-order valence-electron chi connectivity index (χ3n) is 7.16. The van der Waals surface area contributed by atoms with Crippen LogP contribution in [0.2, 0.25) is 0 Å². The van der Waals surface area contributed by atoms with E-state index in [2.05, 4.69) is 45.0 Å². The Kier molecular flexibility index (Phi) is 6.99. The largest absolute Gasteiger partial charge is 0.497 e. The van der Waals surface area contributed by atoms with E-state index in [-0.39, 0.29) is 5.91 Å². The van der Waals surface area contributed by atoms with E-state index in [1.807, 2.05) is 49.4 Å². The van der Waals surface area contributed by atoms with Gasteiger partial charge in [0.1, 0.15) is 36.2 Å². The molecular formula is C32H29N5O4. The van der Waals surface area contributed by atoms with Crippen LogP contribution in [0.1, 0.15) is 24.1 Å². The van der Waals surface area contributed by atoms with Crippen molar-refractivity contribution < 1.29 is 19.0 Å². The van der Waals surface area contributed by atoms with Crippen LogP contribution in [0.4, 0.5) is 11.6 Å². The lowest BCUT2D eigenvalue weighted by Crippen LogP contribution is -2.31. The second-order valence-corrected chi connectivity index (χ2v) is 9.61. The Hall–Kier alpha value is -5.31. The number of carbonyl (C=O) groups excluding carboxylic acids is 1. The molecule has 0 bridgehead atoms. The van der Waals surface area contributed by atoms with Crippen LogP contribution >= 0.6 is 0 Å². The van der Waals surface area contributed by atoms with Gasteiger partial charge in [0.25, 0.3) is 5.91 Å². The molecule has 1 amide bonds. The average Bonchev–Trinajstić information content (AvgIpc) is 3.47. The van der Waals surface area contributed by atoms with Gasteiger partial charge in [0.2, 0.25) is 5.95 Å². The molecule has 6 rings (SSSR count). The number of hydrogen-bond donors (Lipinski definition) is 2. The van der Waals surface area contributed by atoms with Crippen molar-refractivity contribution in [2.24, 2.45) is 0 Å². The van der Waals surface area contributed by atoms with Crippen molar-refractivity contribution in [3.8, 4) is 17.2 Å². The molecule has 1 aliphatic heterocycles. The summed E-state index contributed by atoms with van der Waals surface area (Å²) in [5.74, 6) is 2.10. The Bertz CT molecular complexity index is 1750. The second kappa shape index (κ2) is 11.1. The maximum Gasteiger partial charge on any atom is 0.255 e. The predicted octanol–water partition coefficient (Wildman–Crippen LogP) is 5.96. The van der Waals surface area contributed by atoms with Crippen LogP contribution in [0.5, 0.6) is 17.2 Å². The fourth-order valence-electron chi connectivity index (χ4n) is 5.12.